The lowest BCUT2D eigenvalue weighted by atomic mass is 9.94. The number of fused-ring (bicyclic) bond motifs is 2. The zero-order chi connectivity index (χ0) is 26.5. The molecule has 2 bridgehead atoms. The lowest BCUT2D eigenvalue weighted by Gasteiger charge is -2.44. The molecule has 4 nitrogen and oxygen atoms in total. The Balaban J connectivity index is 1.34. The van der Waals surface area contributed by atoms with Gasteiger partial charge in [0, 0.05) is 54.7 Å². The van der Waals surface area contributed by atoms with E-state index in [1.807, 2.05) is 30.9 Å². The topological polar surface area (TPSA) is 26.8 Å². The van der Waals surface area contributed by atoms with Gasteiger partial charge in [0.2, 0.25) is 0 Å². The predicted molar refractivity (Wildman–Crippen MR) is 158 cm³/mol. The molecule has 5 rings (SSSR count). The fourth-order valence-electron chi connectivity index (χ4n) is 6.48. The van der Waals surface area contributed by atoms with E-state index in [2.05, 4.69) is 89.2 Å². The van der Waals surface area contributed by atoms with E-state index in [-0.39, 0.29) is 5.91 Å². The van der Waals surface area contributed by atoms with Crippen LogP contribution in [0.3, 0.4) is 0 Å². The van der Waals surface area contributed by atoms with Crippen LogP contribution in [-0.4, -0.2) is 53.5 Å². The van der Waals surface area contributed by atoms with Crippen molar-refractivity contribution in [3.63, 3.8) is 0 Å². The van der Waals surface area contributed by atoms with E-state index in [4.69, 9.17) is 0 Å². The van der Waals surface area contributed by atoms with Gasteiger partial charge in [0.05, 0.1) is 0 Å². The number of nitrogens with zero attached hydrogens (tertiary/aromatic N) is 3. The Morgan fingerprint density at radius 2 is 1.45 bits per heavy atom. The van der Waals surface area contributed by atoms with E-state index < -0.39 is 0 Å². The smallest absolute Gasteiger partial charge is 0.254 e. The minimum atomic E-state index is 0.0677. The summed E-state index contributed by atoms with van der Waals surface area (Å²) in [4.78, 5) is 20.3. The van der Waals surface area contributed by atoms with Crippen LogP contribution < -0.4 is 4.90 Å². The summed E-state index contributed by atoms with van der Waals surface area (Å²) in [6.45, 7) is 10.4. The summed E-state index contributed by atoms with van der Waals surface area (Å²) in [6.07, 6.45) is 6.05. The third kappa shape index (κ3) is 5.86. The van der Waals surface area contributed by atoms with Crippen LogP contribution in [0.25, 0.3) is 0 Å². The molecule has 4 heteroatoms. The minimum absolute atomic E-state index is 0.0677. The fraction of sp³-hybridized carbons (Fsp3) is 0.382. The number of carbonyl (C=O) groups is 1. The van der Waals surface area contributed by atoms with Crippen LogP contribution in [0.5, 0.6) is 0 Å². The van der Waals surface area contributed by atoms with Gasteiger partial charge >= 0.3 is 0 Å². The standard InChI is InChI=1S/C34H41N3O/c1-4-35(25-26(2)3)34(38)28-15-17-30(18-16-28)37(29-13-9-6-10-14-29)33-23-31-19-20-32(24-33)36(31)22-21-27-11-7-5-8-12-27/h5-18,31-33H,2,4,19-25H2,1,3H3/t31-,32+,33?. The zero-order valence-electron chi connectivity index (χ0n) is 22.9. The second-order valence-electron chi connectivity index (χ2n) is 11.0. The maximum absolute atomic E-state index is 13.1. The Bertz CT molecular complexity index is 1190. The molecule has 38 heavy (non-hydrogen) atoms. The molecule has 2 aliphatic rings. The summed E-state index contributed by atoms with van der Waals surface area (Å²) in [6, 6.07) is 31.6. The zero-order valence-corrected chi connectivity index (χ0v) is 22.9. The van der Waals surface area contributed by atoms with Crippen LogP contribution in [0.4, 0.5) is 11.4 Å². The van der Waals surface area contributed by atoms with Crippen LogP contribution in [0.15, 0.2) is 97.1 Å². The minimum Gasteiger partial charge on any atom is -0.338 e. The van der Waals surface area contributed by atoms with Gasteiger partial charge in [-0.3, -0.25) is 9.69 Å². The molecule has 2 heterocycles. The number of hydrogen-bond acceptors (Lipinski definition) is 3. The van der Waals surface area contributed by atoms with Crippen LogP contribution in [0.1, 0.15) is 55.5 Å². The molecule has 3 aromatic rings. The van der Waals surface area contributed by atoms with E-state index in [9.17, 15) is 4.79 Å². The van der Waals surface area contributed by atoms with Gasteiger partial charge in [-0.2, -0.15) is 0 Å². The number of carbonyl (C=O) groups excluding carboxylic acids is 1. The average Bonchev–Trinajstić information content (AvgIpc) is 3.18. The first-order valence-corrected chi connectivity index (χ1v) is 14.2. The molecule has 0 radical (unpaired) electrons. The summed E-state index contributed by atoms with van der Waals surface area (Å²) in [5.74, 6) is 0.0677. The Hall–Kier alpha value is -3.37. The number of piperidine rings is 1. The quantitative estimate of drug-likeness (QED) is 0.274. The molecule has 0 saturated carbocycles. The lowest BCUT2D eigenvalue weighted by molar-refractivity contribution is 0.0778. The molecule has 2 fully saturated rings. The third-order valence-electron chi connectivity index (χ3n) is 8.28. The largest absolute Gasteiger partial charge is 0.338 e. The highest BCUT2D eigenvalue weighted by atomic mass is 16.2. The number of amides is 1. The molecule has 2 aliphatic heterocycles. The van der Waals surface area contributed by atoms with Crippen molar-refractivity contribution in [3.8, 4) is 0 Å². The van der Waals surface area contributed by atoms with E-state index in [1.165, 1.54) is 36.9 Å². The molecule has 0 aliphatic carbocycles. The maximum atomic E-state index is 13.1. The van der Waals surface area contributed by atoms with Crippen LogP contribution in [-0.2, 0) is 6.42 Å². The maximum Gasteiger partial charge on any atom is 0.254 e. The second-order valence-corrected chi connectivity index (χ2v) is 11.0. The molecule has 198 valence electrons. The molecule has 0 N–H and O–H groups in total. The molecule has 0 spiro atoms. The van der Waals surface area contributed by atoms with E-state index in [1.54, 1.807) is 0 Å². The van der Waals surface area contributed by atoms with Gasteiger partial charge in [0.25, 0.3) is 5.91 Å². The Morgan fingerprint density at radius 3 is 2.03 bits per heavy atom. The monoisotopic (exact) mass is 507 g/mol. The summed E-state index contributed by atoms with van der Waals surface area (Å²) < 4.78 is 0. The summed E-state index contributed by atoms with van der Waals surface area (Å²) in [7, 11) is 0. The summed E-state index contributed by atoms with van der Waals surface area (Å²) in [5, 5.41) is 0. The van der Waals surface area contributed by atoms with E-state index in [0.717, 1.165) is 29.8 Å². The van der Waals surface area contributed by atoms with Gasteiger partial charge in [0.15, 0.2) is 0 Å². The number of rotatable bonds is 10. The Labute approximate surface area is 228 Å². The normalized spacial score (nSPS) is 20.7. The number of benzene rings is 3. The molecule has 2 saturated heterocycles. The highest BCUT2D eigenvalue weighted by Crippen LogP contribution is 2.41. The first-order chi connectivity index (χ1) is 18.5. The third-order valence-corrected chi connectivity index (χ3v) is 8.28. The molecule has 0 aromatic heterocycles. The molecular formula is C34H41N3O. The van der Waals surface area contributed by atoms with Crippen molar-refractivity contribution in [2.45, 2.75) is 64.1 Å². The number of likely N-dealkylation sites (N-methyl/N-ethyl adjacent to an activating group) is 1. The van der Waals surface area contributed by atoms with Crippen molar-refractivity contribution in [1.29, 1.82) is 0 Å². The highest BCUT2D eigenvalue weighted by molar-refractivity contribution is 5.94. The van der Waals surface area contributed by atoms with Crippen molar-refractivity contribution in [2.24, 2.45) is 0 Å². The average molecular weight is 508 g/mol. The van der Waals surface area contributed by atoms with E-state index in [0.29, 0.717) is 31.2 Å². The summed E-state index contributed by atoms with van der Waals surface area (Å²) in [5.41, 5.74) is 5.56. The first kappa shape index (κ1) is 26.2. The molecule has 3 atom stereocenters. The van der Waals surface area contributed by atoms with Crippen LogP contribution in [0.2, 0.25) is 0 Å². The van der Waals surface area contributed by atoms with Crippen molar-refractivity contribution in [3.05, 3.63) is 108 Å². The van der Waals surface area contributed by atoms with Gasteiger partial charge < -0.3 is 9.80 Å². The van der Waals surface area contributed by atoms with Crippen molar-refractivity contribution in [1.82, 2.24) is 9.80 Å². The Kier molecular flexibility index (Phi) is 8.29. The fourth-order valence-corrected chi connectivity index (χ4v) is 6.48. The second kappa shape index (κ2) is 12.0. The predicted octanol–water partition coefficient (Wildman–Crippen LogP) is 7.10. The van der Waals surface area contributed by atoms with Crippen molar-refractivity contribution in [2.75, 3.05) is 24.5 Å². The number of hydrogen-bond donors (Lipinski definition) is 0. The van der Waals surface area contributed by atoms with Gasteiger partial charge in [0.1, 0.15) is 0 Å². The summed E-state index contributed by atoms with van der Waals surface area (Å²) >= 11 is 0. The van der Waals surface area contributed by atoms with E-state index >= 15 is 0 Å². The Morgan fingerprint density at radius 1 is 0.868 bits per heavy atom. The highest BCUT2D eigenvalue weighted by Gasteiger charge is 2.42. The van der Waals surface area contributed by atoms with Crippen molar-refractivity contribution >= 4 is 17.3 Å². The number of anilines is 2. The molecule has 1 unspecified atom stereocenters. The SMILES string of the molecule is C=C(C)CN(CC)C(=O)c1ccc(N(c2ccccc2)C2C[C@H]3CC[C@@H](C2)N3CCc2ccccc2)cc1. The first-order valence-electron chi connectivity index (χ1n) is 14.2. The van der Waals surface area contributed by atoms with Gasteiger partial charge in [-0.15, -0.1) is 0 Å². The van der Waals surface area contributed by atoms with Crippen LogP contribution in [0, 0.1) is 0 Å². The van der Waals surface area contributed by atoms with Crippen LogP contribution >= 0.6 is 0 Å². The number of para-hydroxylation sites is 1. The van der Waals surface area contributed by atoms with Crippen molar-refractivity contribution < 1.29 is 4.79 Å². The molecular weight excluding hydrogens is 466 g/mol. The van der Waals surface area contributed by atoms with Gasteiger partial charge in [-0.25, -0.2) is 0 Å². The molecule has 1 amide bonds. The van der Waals surface area contributed by atoms with Gasteiger partial charge in [-0.1, -0.05) is 60.7 Å². The molecule has 3 aromatic carbocycles. The lowest BCUT2D eigenvalue weighted by Crippen LogP contribution is -2.50. The van der Waals surface area contributed by atoms with Gasteiger partial charge in [-0.05, 0) is 87.9 Å².